The molecule has 0 bridgehead atoms. The third-order valence-electron chi connectivity index (χ3n) is 3.74. The third-order valence-corrected chi connectivity index (χ3v) is 3.74. The minimum absolute atomic E-state index is 0.471. The first-order valence-electron chi connectivity index (χ1n) is 7.93. The summed E-state index contributed by atoms with van der Waals surface area (Å²) in [5, 5.41) is 6.86. The van der Waals surface area contributed by atoms with Gasteiger partial charge in [0.1, 0.15) is 0 Å². The van der Waals surface area contributed by atoms with Crippen LogP contribution in [0.25, 0.3) is 0 Å². The summed E-state index contributed by atoms with van der Waals surface area (Å²) in [5.74, 6) is 0.471. The maximum absolute atomic E-state index is 3.53. The Morgan fingerprint density at radius 1 is 0.714 bits per heavy atom. The fraction of sp³-hybridized carbons (Fsp3) is 0.368. The third kappa shape index (κ3) is 5.33. The quantitative estimate of drug-likeness (QED) is 0.689. The Bertz CT molecular complexity index is 442. The van der Waals surface area contributed by atoms with Crippen LogP contribution in [0.5, 0.6) is 0 Å². The summed E-state index contributed by atoms with van der Waals surface area (Å²) in [7, 11) is 0. The molecule has 112 valence electrons. The lowest BCUT2D eigenvalue weighted by Gasteiger charge is -2.18. The van der Waals surface area contributed by atoms with Crippen molar-refractivity contribution in [2.45, 2.75) is 19.3 Å². The maximum Gasteiger partial charge on any atom is 0.0101 e. The van der Waals surface area contributed by atoms with Crippen LogP contribution in [-0.4, -0.2) is 26.2 Å². The van der Waals surface area contributed by atoms with E-state index in [4.69, 9.17) is 0 Å². The van der Waals surface area contributed by atoms with E-state index in [9.17, 15) is 0 Å². The average molecular weight is 282 g/mol. The second kappa shape index (κ2) is 9.32. The van der Waals surface area contributed by atoms with Crippen molar-refractivity contribution in [2.75, 3.05) is 26.2 Å². The van der Waals surface area contributed by atoms with Gasteiger partial charge in [-0.15, -0.1) is 0 Å². The maximum atomic E-state index is 3.53. The Morgan fingerprint density at radius 3 is 1.76 bits per heavy atom. The van der Waals surface area contributed by atoms with E-state index in [1.807, 2.05) is 0 Å². The van der Waals surface area contributed by atoms with Gasteiger partial charge in [0.2, 0.25) is 0 Å². The molecule has 0 fully saturated rings. The highest BCUT2D eigenvalue weighted by Crippen LogP contribution is 2.27. The second-order valence-corrected chi connectivity index (χ2v) is 5.27. The Kier molecular flexibility index (Phi) is 6.99. The zero-order chi connectivity index (χ0) is 14.8. The standard InChI is InChI=1S/C19H26N2/c1-2-20-15-16-21-14-13-19(17-9-5-3-6-10-17)18-11-7-4-8-12-18/h3-12,19-21H,2,13-16H2,1H3. The average Bonchev–Trinajstić information content (AvgIpc) is 2.56. The normalized spacial score (nSPS) is 11.0. The van der Waals surface area contributed by atoms with Gasteiger partial charge in [-0.2, -0.15) is 0 Å². The zero-order valence-electron chi connectivity index (χ0n) is 12.9. The van der Waals surface area contributed by atoms with Gasteiger partial charge in [0.25, 0.3) is 0 Å². The number of hydrogen-bond acceptors (Lipinski definition) is 2. The second-order valence-electron chi connectivity index (χ2n) is 5.27. The monoisotopic (exact) mass is 282 g/mol. The van der Waals surface area contributed by atoms with E-state index in [0.29, 0.717) is 5.92 Å². The molecule has 2 aromatic rings. The molecule has 2 N–H and O–H groups in total. The Labute approximate surface area is 128 Å². The van der Waals surface area contributed by atoms with E-state index in [1.54, 1.807) is 0 Å². The molecule has 2 nitrogen and oxygen atoms in total. The van der Waals surface area contributed by atoms with Crippen LogP contribution in [-0.2, 0) is 0 Å². The van der Waals surface area contributed by atoms with E-state index in [-0.39, 0.29) is 0 Å². The lowest BCUT2D eigenvalue weighted by atomic mass is 9.88. The summed E-state index contributed by atoms with van der Waals surface area (Å²) >= 11 is 0. The molecule has 0 aliphatic carbocycles. The van der Waals surface area contributed by atoms with Crippen LogP contribution in [0.4, 0.5) is 0 Å². The van der Waals surface area contributed by atoms with E-state index >= 15 is 0 Å². The zero-order valence-corrected chi connectivity index (χ0v) is 12.9. The lowest BCUT2D eigenvalue weighted by Crippen LogP contribution is -2.28. The molecule has 0 aliphatic heterocycles. The SMILES string of the molecule is CCNCCNCCC(c1ccccc1)c1ccccc1. The lowest BCUT2D eigenvalue weighted by molar-refractivity contribution is 0.585. The van der Waals surface area contributed by atoms with Crippen LogP contribution in [0.3, 0.4) is 0 Å². The van der Waals surface area contributed by atoms with Crippen molar-refractivity contribution in [1.29, 1.82) is 0 Å². The fourth-order valence-electron chi connectivity index (χ4n) is 2.62. The number of rotatable bonds is 9. The molecule has 21 heavy (non-hydrogen) atoms. The predicted molar refractivity (Wildman–Crippen MR) is 90.8 cm³/mol. The first kappa shape index (κ1) is 15.7. The molecule has 0 aromatic heterocycles. The molecular formula is C19H26N2. The molecule has 0 atom stereocenters. The van der Waals surface area contributed by atoms with Crippen molar-refractivity contribution in [3.63, 3.8) is 0 Å². The van der Waals surface area contributed by atoms with Gasteiger partial charge in [-0.3, -0.25) is 0 Å². The number of likely N-dealkylation sites (N-methyl/N-ethyl adjacent to an activating group) is 1. The largest absolute Gasteiger partial charge is 0.316 e. The van der Waals surface area contributed by atoms with Crippen LogP contribution in [0.15, 0.2) is 60.7 Å². The van der Waals surface area contributed by atoms with Crippen molar-refractivity contribution in [1.82, 2.24) is 10.6 Å². The predicted octanol–water partition coefficient (Wildman–Crippen LogP) is 3.41. The molecular weight excluding hydrogens is 256 g/mol. The minimum atomic E-state index is 0.471. The van der Waals surface area contributed by atoms with Gasteiger partial charge in [-0.05, 0) is 30.6 Å². The first-order chi connectivity index (χ1) is 10.4. The van der Waals surface area contributed by atoms with Crippen LogP contribution in [0.1, 0.15) is 30.4 Å². The molecule has 0 spiro atoms. The van der Waals surface area contributed by atoms with Gasteiger partial charge in [-0.1, -0.05) is 67.6 Å². The fourth-order valence-corrected chi connectivity index (χ4v) is 2.62. The van der Waals surface area contributed by atoms with Gasteiger partial charge >= 0.3 is 0 Å². The van der Waals surface area contributed by atoms with Gasteiger partial charge < -0.3 is 10.6 Å². The van der Waals surface area contributed by atoms with Crippen molar-refractivity contribution in [3.05, 3.63) is 71.8 Å². The number of hydrogen-bond donors (Lipinski definition) is 2. The van der Waals surface area contributed by atoms with Crippen LogP contribution in [0, 0.1) is 0 Å². The van der Waals surface area contributed by atoms with Gasteiger partial charge in [-0.25, -0.2) is 0 Å². The molecule has 0 saturated heterocycles. The minimum Gasteiger partial charge on any atom is -0.316 e. The Hall–Kier alpha value is -1.64. The van der Waals surface area contributed by atoms with Crippen LogP contribution in [0.2, 0.25) is 0 Å². The molecule has 2 aromatic carbocycles. The van der Waals surface area contributed by atoms with Gasteiger partial charge in [0, 0.05) is 19.0 Å². The molecule has 0 heterocycles. The topological polar surface area (TPSA) is 24.1 Å². The summed E-state index contributed by atoms with van der Waals surface area (Å²) in [6, 6.07) is 21.6. The van der Waals surface area contributed by atoms with Gasteiger partial charge in [0.05, 0.1) is 0 Å². The molecule has 0 amide bonds. The van der Waals surface area contributed by atoms with E-state index < -0.39 is 0 Å². The summed E-state index contributed by atoms with van der Waals surface area (Å²) in [6.45, 7) is 6.29. The highest BCUT2D eigenvalue weighted by molar-refractivity contribution is 5.32. The Morgan fingerprint density at radius 2 is 1.24 bits per heavy atom. The van der Waals surface area contributed by atoms with Crippen molar-refractivity contribution in [3.8, 4) is 0 Å². The van der Waals surface area contributed by atoms with Gasteiger partial charge in [0.15, 0.2) is 0 Å². The van der Waals surface area contributed by atoms with Crippen molar-refractivity contribution >= 4 is 0 Å². The van der Waals surface area contributed by atoms with Crippen molar-refractivity contribution < 1.29 is 0 Å². The molecule has 0 aliphatic rings. The summed E-state index contributed by atoms with van der Waals surface area (Å²) < 4.78 is 0. The highest BCUT2D eigenvalue weighted by atomic mass is 14.9. The number of benzene rings is 2. The molecule has 0 unspecified atom stereocenters. The van der Waals surface area contributed by atoms with E-state index in [0.717, 1.165) is 32.6 Å². The summed E-state index contributed by atoms with van der Waals surface area (Å²) in [4.78, 5) is 0. The smallest absolute Gasteiger partial charge is 0.0101 e. The van der Waals surface area contributed by atoms with Crippen molar-refractivity contribution in [2.24, 2.45) is 0 Å². The Balaban J connectivity index is 1.94. The number of nitrogens with one attached hydrogen (secondary N) is 2. The highest BCUT2D eigenvalue weighted by Gasteiger charge is 2.12. The molecule has 2 rings (SSSR count). The van der Waals surface area contributed by atoms with E-state index in [1.165, 1.54) is 11.1 Å². The molecule has 0 radical (unpaired) electrons. The summed E-state index contributed by atoms with van der Waals surface area (Å²) in [5.41, 5.74) is 2.80. The summed E-state index contributed by atoms with van der Waals surface area (Å²) in [6.07, 6.45) is 1.13. The van der Waals surface area contributed by atoms with E-state index in [2.05, 4.69) is 78.2 Å². The molecule has 2 heteroatoms. The molecule has 0 saturated carbocycles. The van der Waals surface area contributed by atoms with Crippen LogP contribution >= 0.6 is 0 Å². The first-order valence-corrected chi connectivity index (χ1v) is 7.93. The van der Waals surface area contributed by atoms with Crippen LogP contribution < -0.4 is 10.6 Å².